The first kappa shape index (κ1) is 25.0. The zero-order chi connectivity index (χ0) is 25.4. The molecule has 3 heterocycles. The highest BCUT2D eigenvalue weighted by Gasteiger charge is 2.35. The van der Waals surface area contributed by atoms with E-state index in [1.54, 1.807) is 6.92 Å². The monoisotopic (exact) mass is 533 g/mol. The summed E-state index contributed by atoms with van der Waals surface area (Å²) in [4.78, 5) is 20.7. The molecule has 0 aliphatic carbocycles. The number of carbonyl (C=O) groups excluding carboxylic acids is 1. The maximum Gasteiger partial charge on any atom is 0.422 e. The van der Waals surface area contributed by atoms with Crippen LogP contribution in [0.15, 0.2) is 34.9 Å². The van der Waals surface area contributed by atoms with Gasteiger partial charge in [-0.3, -0.25) is 4.79 Å². The Labute approximate surface area is 202 Å². The lowest BCUT2D eigenvalue weighted by Crippen LogP contribution is -2.51. The number of hydrogen-bond acceptors (Lipinski definition) is 8. The molecule has 1 amide bonds. The predicted octanol–water partition coefficient (Wildman–Crippen LogP) is 4.31. The van der Waals surface area contributed by atoms with Gasteiger partial charge < -0.3 is 19.2 Å². The molecule has 0 unspecified atom stereocenters. The van der Waals surface area contributed by atoms with Crippen molar-refractivity contribution in [3.8, 4) is 17.4 Å². The fraction of sp³-hybridized carbons (Fsp3) is 0.381. The quantitative estimate of drug-likeness (QED) is 0.498. The van der Waals surface area contributed by atoms with Crippen LogP contribution in [0.25, 0.3) is 11.1 Å². The zero-order valence-electron chi connectivity index (χ0n) is 18.2. The van der Waals surface area contributed by atoms with Crippen LogP contribution in [-0.2, 0) is 9.84 Å². The molecule has 0 bridgehead atoms. The zero-order valence-corrected chi connectivity index (χ0v) is 19.8. The molecule has 2 aromatic heterocycles. The van der Waals surface area contributed by atoms with Crippen LogP contribution in [0.3, 0.4) is 0 Å². The molecule has 1 aliphatic heterocycles. The average Bonchev–Trinajstić information content (AvgIpc) is 3.19. The van der Waals surface area contributed by atoms with E-state index in [0.29, 0.717) is 5.52 Å². The second-order valence-corrected chi connectivity index (χ2v) is 11.0. The first-order chi connectivity index (χ1) is 16.3. The molecule has 1 aromatic carbocycles. The van der Waals surface area contributed by atoms with Crippen LogP contribution in [0.1, 0.15) is 30.5 Å². The number of alkyl halides is 3. The molecule has 1 fully saturated rings. The van der Waals surface area contributed by atoms with E-state index in [1.807, 2.05) is 0 Å². The van der Waals surface area contributed by atoms with Gasteiger partial charge in [0.25, 0.3) is 11.8 Å². The third-order valence-corrected chi connectivity index (χ3v) is 7.15. The Morgan fingerprint density at radius 1 is 1.26 bits per heavy atom. The van der Waals surface area contributed by atoms with Crippen molar-refractivity contribution in [2.75, 3.05) is 18.1 Å². The molecule has 3 aromatic rings. The van der Waals surface area contributed by atoms with Gasteiger partial charge in [-0.05, 0) is 31.9 Å². The number of carbonyl (C=O) groups is 1. The number of ether oxygens (including phenoxy) is 2. The van der Waals surface area contributed by atoms with Crippen LogP contribution < -0.4 is 14.8 Å². The molecule has 4 rings (SSSR count). The minimum Gasteiger partial charge on any atom is -0.478 e. The number of halogens is 4. The van der Waals surface area contributed by atoms with Gasteiger partial charge in [0.05, 0.1) is 16.5 Å². The molecule has 35 heavy (non-hydrogen) atoms. The van der Waals surface area contributed by atoms with Crippen molar-refractivity contribution in [2.24, 2.45) is 0 Å². The molecule has 0 radical (unpaired) electrons. The Hall–Kier alpha value is -3.06. The lowest BCUT2D eigenvalue weighted by Gasteiger charge is -2.33. The number of nitrogens with one attached hydrogen (secondary N) is 1. The fourth-order valence-electron chi connectivity index (χ4n) is 3.37. The Morgan fingerprint density at radius 3 is 2.66 bits per heavy atom. The van der Waals surface area contributed by atoms with Crippen LogP contribution >= 0.6 is 11.6 Å². The average molecular weight is 534 g/mol. The molecule has 1 N–H and O–H groups in total. The number of aromatic nitrogens is 2. The fourth-order valence-corrected chi connectivity index (χ4v) is 5.24. The third kappa shape index (κ3) is 6.34. The Morgan fingerprint density at radius 2 is 1.97 bits per heavy atom. The van der Waals surface area contributed by atoms with Gasteiger partial charge in [-0.25, -0.2) is 18.4 Å². The Bertz CT molecular complexity index is 1360. The van der Waals surface area contributed by atoms with Gasteiger partial charge in [0.1, 0.15) is 21.1 Å². The Kier molecular flexibility index (Phi) is 6.58. The van der Waals surface area contributed by atoms with E-state index in [4.69, 9.17) is 25.5 Å². The maximum absolute atomic E-state index is 12.7. The molecule has 1 aliphatic rings. The van der Waals surface area contributed by atoms with E-state index in [0.717, 1.165) is 6.07 Å². The van der Waals surface area contributed by atoms with Gasteiger partial charge in [-0.1, -0.05) is 11.6 Å². The van der Waals surface area contributed by atoms with Crippen LogP contribution in [0.5, 0.6) is 17.4 Å². The minimum absolute atomic E-state index is 0.0224. The summed E-state index contributed by atoms with van der Waals surface area (Å²) in [5.41, 5.74) is -0.211. The molecule has 14 heteroatoms. The van der Waals surface area contributed by atoms with Crippen molar-refractivity contribution in [2.45, 2.75) is 31.5 Å². The van der Waals surface area contributed by atoms with E-state index in [-0.39, 0.29) is 58.2 Å². The van der Waals surface area contributed by atoms with Crippen molar-refractivity contribution in [1.29, 1.82) is 0 Å². The SMILES string of the molecule is CC1(NC(=O)c2nc3ccc(Oc4ncc(Cl)cc4OCC(F)(F)F)cc3o2)CCS(=O)(=O)CC1. The molecular formula is C21H19ClF3N3O6S. The molecule has 1 saturated heterocycles. The van der Waals surface area contributed by atoms with Crippen molar-refractivity contribution >= 4 is 38.4 Å². The number of sulfone groups is 1. The third-order valence-electron chi connectivity index (χ3n) is 5.29. The number of benzene rings is 1. The number of pyridine rings is 1. The van der Waals surface area contributed by atoms with Crippen molar-refractivity contribution in [3.63, 3.8) is 0 Å². The van der Waals surface area contributed by atoms with E-state index in [1.165, 1.54) is 24.4 Å². The summed E-state index contributed by atoms with van der Waals surface area (Å²) in [7, 11) is -3.10. The summed E-state index contributed by atoms with van der Waals surface area (Å²) >= 11 is 5.80. The van der Waals surface area contributed by atoms with Gasteiger partial charge in [0.2, 0.25) is 0 Å². The first-order valence-corrected chi connectivity index (χ1v) is 12.5. The van der Waals surface area contributed by atoms with Crippen LogP contribution in [0, 0.1) is 0 Å². The number of amides is 1. The number of rotatable bonds is 6. The number of nitrogens with zero attached hydrogens (tertiary/aromatic N) is 2. The molecule has 9 nitrogen and oxygen atoms in total. The Balaban J connectivity index is 1.50. The highest BCUT2D eigenvalue weighted by atomic mass is 35.5. The number of fused-ring (bicyclic) bond motifs is 1. The molecular weight excluding hydrogens is 515 g/mol. The summed E-state index contributed by atoms with van der Waals surface area (Å²) in [5, 5.41) is 2.84. The predicted molar refractivity (Wildman–Crippen MR) is 119 cm³/mol. The van der Waals surface area contributed by atoms with Gasteiger partial charge in [-0.2, -0.15) is 13.2 Å². The van der Waals surface area contributed by atoms with Crippen molar-refractivity contribution in [3.05, 3.63) is 41.4 Å². The second-order valence-electron chi connectivity index (χ2n) is 8.28. The smallest absolute Gasteiger partial charge is 0.422 e. The van der Waals surface area contributed by atoms with Gasteiger partial charge in [0, 0.05) is 23.9 Å². The normalized spacial score (nSPS) is 17.2. The summed E-state index contributed by atoms with van der Waals surface area (Å²) in [6.07, 6.45) is -2.85. The summed E-state index contributed by atoms with van der Waals surface area (Å²) < 4.78 is 76.8. The minimum atomic E-state index is -4.57. The van der Waals surface area contributed by atoms with E-state index in [9.17, 15) is 26.4 Å². The van der Waals surface area contributed by atoms with Crippen LogP contribution in [-0.4, -0.2) is 54.1 Å². The van der Waals surface area contributed by atoms with Crippen LogP contribution in [0.4, 0.5) is 13.2 Å². The van der Waals surface area contributed by atoms with Gasteiger partial charge in [0.15, 0.2) is 17.9 Å². The summed E-state index contributed by atoms with van der Waals surface area (Å²) in [6.45, 7) is 0.196. The molecule has 188 valence electrons. The molecule has 0 atom stereocenters. The first-order valence-electron chi connectivity index (χ1n) is 10.3. The molecule has 0 spiro atoms. The van der Waals surface area contributed by atoms with Crippen LogP contribution in [0.2, 0.25) is 5.02 Å². The van der Waals surface area contributed by atoms with Crippen molar-refractivity contribution < 1.29 is 40.3 Å². The second kappa shape index (κ2) is 9.19. The topological polar surface area (TPSA) is 121 Å². The standard InChI is InChI=1S/C21H19ClF3N3O6S/c1-20(4-6-35(30,31)7-5-20)28-17(29)19-27-14-3-2-13(9-15(14)34-19)33-18-16(8-12(22)10-26-18)32-11-21(23,24)25/h2-3,8-10H,4-7,11H2,1H3,(H,28,29). The highest BCUT2D eigenvalue weighted by molar-refractivity contribution is 7.91. The largest absolute Gasteiger partial charge is 0.478 e. The van der Waals surface area contributed by atoms with Gasteiger partial charge >= 0.3 is 12.1 Å². The van der Waals surface area contributed by atoms with Gasteiger partial charge in [-0.15, -0.1) is 0 Å². The molecule has 0 saturated carbocycles. The van der Waals surface area contributed by atoms with Crippen molar-refractivity contribution in [1.82, 2.24) is 15.3 Å². The van der Waals surface area contributed by atoms with E-state index in [2.05, 4.69) is 15.3 Å². The van der Waals surface area contributed by atoms with E-state index >= 15 is 0 Å². The summed E-state index contributed by atoms with van der Waals surface area (Å²) in [6, 6.07) is 5.48. The number of hydrogen-bond donors (Lipinski definition) is 1. The lowest BCUT2D eigenvalue weighted by molar-refractivity contribution is -0.153. The highest BCUT2D eigenvalue weighted by Crippen LogP contribution is 2.34. The number of oxazole rings is 1. The maximum atomic E-state index is 12.7. The summed E-state index contributed by atoms with van der Waals surface area (Å²) in [5.74, 6) is -1.31. The lowest BCUT2D eigenvalue weighted by atomic mass is 9.95. The van der Waals surface area contributed by atoms with E-state index < -0.39 is 34.1 Å².